The van der Waals surface area contributed by atoms with E-state index in [-0.39, 0.29) is 12.0 Å². The number of aromatic nitrogens is 3. The van der Waals surface area contributed by atoms with Crippen LogP contribution in [-0.2, 0) is 16.5 Å². The first kappa shape index (κ1) is 17.6. The first-order chi connectivity index (χ1) is 13.1. The molecule has 1 amide bonds. The number of aryl methyl sites for hydroxylation is 1. The van der Waals surface area contributed by atoms with E-state index in [1.807, 2.05) is 43.6 Å². The summed E-state index contributed by atoms with van der Waals surface area (Å²) in [7, 11) is 3.65. The lowest BCUT2D eigenvalue weighted by Gasteiger charge is -2.27. The summed E-state index contributed by atoms with van der Waals surface area (Å²) in [5.41, 5.74) is 3.02. The molecule has 0 aliphatic carbocycles. The lowest BCUT2D eigenvalue weighted by Crippen LogP contribution is -2.40. The number of carbonyl (C=O) groups is 1. The third kappa shape index (κ3) is 3.70. The first-order valence-electron chi connectivity index (χ1n) is 8.95. The number of fused-ring (bicyclic) bond motifs is 1. The van der Waals surface area contributed by atoms with Gasteiger partial charge >= 0.3 is 0 Å². The van der Waals surface area contributed by atoms with E-state index in [0.717, 1.165) is 22.2 Å². The van der Waals surface area contributed by atoms with Crippen molar-refractivity contribution in [2.24, 2.45) is 7.05 Å². The van der Waals surface area contributed by atoms with Crippen molar-refractivity contribution in [3.8, 4) is 11.3 Å². The summed E-state index contributed by atoms with van der Waals surface area (Å²) in [6, 6.07) is 9.54. The predicted molar refractivity (Wildman–Crippen MR) is 101 cm³/mol. The monoisotopic (exact) mass is 366 g/mol. The van der Waals surface area contributed by atoms with Gasteiger partial charge < -0.3 is 14.4 Å². The molecule has 0 N–H and O–H groups in total. The number of nitrogens with zero attached hydrogens (tertiary/aromatic N) is 4. The van der Waals surface area contributed by atoms with Gasteiger partial charge in [-0.15, -0.1) is 0 Å². The van der Waals surface area contributed by atoms with Crippen LogP contribution in [0.25, 0.3) is 22.2 Å². The number of carbonyl (C=O) groups excluding carboxylic acids is 1. The average Bonchev–Trinajstić information content (AvgIpc) is 3.13. The van der Waals surface area contributed by atoms with Crippen LogP contribution < -0.4 is 0 Å². The number of hydrogen-bond acceptors (Lipinski definition) is 5. The van der Waals surface area contributed by atoms with E-state index in [1.54, 1.807) is 22.8 Å². The summed E-state index contributed by atoms with van der Waals surface area (Å²) < 4.78 is 12.8. The highest BCUT2D eigenvalue weighted by Gasteiger charge is 2.22. The predicted octanol–water partition coefficient (Wildman–Crippen LogP) is 2.12. The Morgan fingerprint density at radius 1 is 1.33 bits per heavy atom. The summed E-state index contributed by atoms with van der Waals surface area (Å²) in [5.74, 6) is -0.0621. The van der Waals surface area contributed by atoms with Gasteiger partial charge in [-0.2, -0.15) is 5.10 Å². The summed E-state index contributed by atoms with van der Waals surface area (Å²) in [4.78, 5) is 19.6. The third-order valence-electron chi connectivity index (χ3n) is 4.66. The molecule has 27 heavy (non-hydrogen) atoms. The Morgan fingerprint density at radius 2 is 2.19 bits per heavy atom. The van der Waals surface area contributed by atoms with E-state index < -0.39 is 0 Å². The molecule has 140 valence electrons. The number of para-hydroxylation sites is 1. The lowest BCUT2D eigenvalue weighted by atomic mass is 10.0. The van der Waals surface area contributed by atoms with Crippen molar-refractivity contribution in [3.63, 3.8) is 0 Å². The Labute approximate surface area is 157 Å². The quantitative estimate of drug-likeness (QED) is 0.707. The van der Waals surface area contributed by atoms with Crippen molar-refractivity contribution >= 4 is 16.8 Å². The van der Waals surface area contributed by atoms with Crippen molar-refractivity contribution < 1.29 is 14.3 Å². The largest absolute Gasteiger partial charge is 0.376 e. The highest BCUT2D eigenvalue weighted by atomic mass is 16.6. The van der Waals surface area contributed by atoms with E-state index in [1.165, 1.54) is 0 Å². The van der Waals surface area contributed by atoms with Crippen LogP contribution in [-0.4, -0.2) is 65.1 Å². The van der Waals surface area contributed by atoms with E-state index in [2.05, 4.69) is 5.10 Å². The molecule has 3 heterocycles. The van der Waals surface area contributed by atoms with Gasteiger partial charge in [0.15, 0.2) is 0 Å². The van der Waals surface area contributed by atoms with Crippen LogP contribution in [0.15, 0.2) is 42.7 Å². The molecule has 1 atom stereocenters. The van der Waals surface area contributed by atoms with Crippen LogP contribution in [0.5, 0.6) is 0 Å². The maximum Gasteiger partial charge on any atom is 0.254 e. The van der Waals surface area contributed by atoms with Crippen molar-refractivity contribution in [3.05, 3.63) is 48.3 Å². The van der Waals surface area contributed by atoms with Gasteiger partial charge in [0.25, 0.3) is 5.91 Å². The molecule has 1 saturated heterocycles. The number of amides is 1. The molecule has 1 aliphatic heterocycles. The fraction of sp³-hybridized carbons (Fsp3) is 0.350. The van der Waals surface area contributed by atoms with Crippen molar-refractivity contribution in [1.82, 2.24) is 19.7 Å². The lowest BCUT2D eigenvalue weighted by molar-refractivity contribution is -0.0933. The second-order valence-corrected chi connectivity index (χ2v) is 6.73. The van der Waals surface area contributed by atoms with Gasteiger partial charge in [-0.1, -0.05) is 18.2 Å². The Hall–Kier alpha value is -2.77. The molecule has 1 aromatic carbocycles. The average molecular weight is 366 g/mol. The molecule has 0 unspecified atom stereocenters. The molecule has 0 saturated carbocycles. The van der Waals surface area contributed by atoms with E-state index >= 15 is 0 Å². The van der Waals surface area contributed by atoms with Gasteiger partial charge in [-0.3, -0.25) is 9.48 Å². The fourth-order valence-corrected chi connectivity index (χ4v) is 3.29. The van der Waals surface area contributed by atoms with Crippen molar-refractivity contribution in [2.75, 3.05) is 33.4 Å². The number of hydrogen-bond donors (Lipinski definition) is 0. The van der Waals surface area contributed by atoms with Crippen LogP contribution >= 0.6 is 0 Å². The van der Waals surface area contributed by atoms with Crippen LogP contribution in [0.1, 0.15) is 10.4 Å². The fourth-order valence-electron chi connectivity index (χ4n) is 3.29. The van der Waals surface area contributed by atoms with Gasteiger partial charge in [0, 0.05) is 37.8 Å². The topological polar surface area (TPSA) is 69.5 Å². The number of likely N-dealkylation sites (N-methyl/N-ethyl adjacent to an activating group) is 1. The molecule has 0 spiro atoms. The first-order valence-corrected chi connectivity index (χ1v) is 8.95. The number of rotatable bonds is 4. The molecular weight excluding hydrogens is 344 g/mol. The molecule has 0 bridgehead atoms. The van der Waals surface area contributed by atoms with Crippen molar-refractivity contribution in [2.45, 2.75) is 6.10 Å². The Balaban J connectivity index is 1.69. The van der Waals surface area contributed by atoms with Crippen LogP contribution in [0.4, 0.5) is 0 Å². The maximum atomic E-state index is 13.2. The summed E-state index contributed by atoms with van der Waals surface area (Å²) in [6.07, 6.45) is 3.54. The smallest absolute Gasteiger partial charge is 0.254 e. The third-order valence-corrected chi connectivity index (χ3v) is 4.66. The van der Waals surface area contributed by atoms with Gasteiger partial charge in [-0.05, 0) is 12.1 Å². The number of pyridine rings is 1. The number of ether oxygens (including phenoxy) is 2. The van der Waals surface area contributed by atoms with Crippen LogP contribution in [0.2, 0.25) is 0 Å². The second-order valence-electron chi connectivity index (χ2n) is 6.73. The van der Waals surface area contributed by atoms with E-state index in [0.29, 0.717) is 31.9 Å². The molecule has 4 rings (SSSR count). The highest BCUT2D eigenvalue weighted by Crippen LogP contribution is 2.25. The zero-order chi connectivity index (χ0) is 18.8. The Bertz CT molecular complexity index is 963. The molecular formula is C20H22N4O3. The van der Waals surface area contributed by atoms with Gasteiger partial charge in [-0.25, -0.2) is 4.98 Å². The van der Waals surface area contributed by atoms with Gasteiger partial charge in [0.2, 0.25) is 0 Å². The minimum atomic E-state index is -0.0985. The second kappa shape index (κ2) is 7.46. The maximum absolute atomic E-state index is 13.2. The molecule has 3 aromatic rings. The zero-order valence-corrected chi connectivity index (χ0v) is 15.5. The van der Waals surface area contributed by atoms with E-state index in [9.17, 15) is 4.79 Å². The Kier molecular flexibility index (Phi) is 4.87. The van der Waals surface area contributed by atoms with Gasteiger partial charge in [0.05, 0.1) is 48.9 Å². The molecule has 0 radical (unpaired) electrons. The molecule has 1 aliphatic rings. The van der Waals surface area contributed by atoms with Crippen LogP contribution in [0.3, 0.4) is 0 Å². The summed E-state index contributed by atoms with van der Waals surface area (Å²) in [5, 5.41) is 5.05. The highest BCUT2D eigenvalue weighted by molar-refractivity contribution is 6.07. The number of benzene rings is 1. The summed E-state index contributed by atoms with van der Waals surface area (Å²) in [6.45, 7) is 2.17. The molecule has 1 fully saturated rings. The zero-order valence-electron chi connectivity index (χ0n) is 15.5. The van der Waals surface area contributed by atoms with Crippen LogP contribution in [0, 0.1) is 0 Å². The van der Waals surface area contributed by atoms with Gasteiger partial charge in [0.1, 0.15) is 0 Å². The normalized spacial score (nSPS) is 17.2. The minimum absolute atomic E-state index is 0.0621. The SMILES string of the molecule is CN(C[C@@H]1COCCO1)C(=O)c1cc(-c2cnn(C)c2)nc2ccccc12. The Morgan fingerprint density at radius 3 is 2.93 bits per heavy atom. The minimum Gasteiger partial charge on any atom is -0.376 e. The summed E-state index contributed by atoms with van der Waals surface area (Å²) >= 11 is 0. The van der Waals surface area contributed by atoms with E-state index in [4.69, 9.17) is 14.5 Å². The molecule has 7 nitrogen and oxygen atoms in total. The standard InChI is InChI=1S/C20H22N4O3/c1-23(12-15-13-26-7-8-27-15)20(25)17-9-19(14-10-21-24(2)11-14)22-18-6-4-3-5-16(17)18/h3-6,9-11,15H,7-8,12-13H2,1-2H3/t15-/m1/s1. The van der Waals surface area contributed by atoms with Crippen molar-refractivity contribution in [1.29, 1.82) is 0 Å². The molecule has 7 heteroatoms. The molecule has 2 aromatic heterocycles.